The molecule has 0 aliphatic heterocycles. The van der Waals surface area contributed by atoms with Crippen molar-refractivity contribution in [1.82, 2.24) is 4.90 Å². The predicted octanol–water partition coefficient (Wildman–Crippen LogP) is 2.61. The molecule has 0 unspecified atom stereocenters. The number of benzene rings is 2. The first-order valence-corrected chi connectivity index (χ1v) is 7.85. The monoisotopic (exact) mass is 312 g/mol. The lowest BCUT2D eigenvalue weighted by Crippen LogP contribution is -2.44. The van der Waals surface area contributed by atoms with Crippen LogP contribution in [0.2, 0.25) is 0 Å². The van der Waals surface area contributed by atoms with Gasteiger partial charge in [-0.05, 0) is 36.6 Å². The molecule has 0 heterocycles. The number of rotatable bonds is 7. The summed E-state index contributed by atoms with van der Waals surface area (Å²) in [6.07, 6.45) is 0.554. The molecular formula is C19H24N2O2. The molecule has 4 nitrogen and oxygen atoms in total. The van der Waals surface area contributed by atoms with E-state index < -0.39 is 6.04 Å². The molecule has 0 aliphatic carbocycles. The summed E-state index contributed by atoms with van der Waals surface area (Å²) in [4.78, 5) is 14.4. The van der Waals surface area contributed by atoms with Gasteiger partial charge in [-0.2, -0.15) is 0 Å². The van der Waals surface area contributed by atoms with E-state index in [9.17, 15) is 4.79 Å². The van der Waals surface area contributed by atoms with Crippen molar-refractivity contribution in [2.24, 2.45) is 5.73 Å². The van der Waals surface area contributed by atoms with Crippen LogP contribution in [0.25, 0.3) is 0 Å². The van der Waals surface area contributed by atoms with Crippen molar-refractivity contribution in [3.8, 4) is 5.75 Å². The van der Waals surface area contributed by atoms with Gasteiger partial charge in [0.1, 0.15) is 5.75 Å². The van der Waals surface area contributed by atoms with Gasteiger partial charge in [-0.25, -0.2) is 0 Å². The van der Waals surface area contributed by atoms with Gasteiger partial charge in [0.2, 0.25) is 5.91 Å². The van der Waals surface area contributed by atoms with E-state index in [1.807, 2.05) is 61.5 Å². The second-order valence-electron chi connectivity index (χ2n) is 5.50. The predicted molar refractivity (Wildman–Crippen MR) is 92.2 cm³/mol. The molecular weight excluding hydrogens is 288 g/mol. The van der Waals surface area contributed by atoms with Gasteiger partial charge in [0.15, 0.2) is 0 Å². The average Bonchev–Trinajstić information content (AvgIpc) is 2.60. The first kappa shape index (κ1) is 17.0. The Morgan fingerprint density at radius 1 is 1.09 bits per heavy atom. The molecule has 0 saturated heterocycles. The minimum absolute atomic E-state index is 0.0211. The normalized spacial score (nSPS) is 11.8. The Kier molecular flexibility index (Phi) is 6.18. The zero-order valence-electron chi connectivity index (χ0n) is 13.7. The van der Waals surface area contributed by atoms with Gasteiger partial charge in [-0.1, -0.05) is 42.5 Å². The fourth-order valence-corrected chi connectivity index (χ4v) is 2.49. The number of hydrogen-bond donors (Lipinski definition) is 1. The van der Waals surface area contributed by atoms with E-state index in [0.29, 0.717) is 19.5 Å². The Morgan fingerprint density at radius 2 is 1.74 bits per heavy atom. The van der Waals surface area contributed by atoms with Crippen molar-refractivity contribution in [2.75, 3.05) is 13.7 Å². The summed E-state index contributed by atoms with van der Waals surface area (Å²) in [7, 11) is 1.64. The van der Waals surface area contributed by atoms with Gasteiger partial charge in [-0.15, -0.1) is 0 Å². The summed E-state index contributed by atoms with van der Waals surface area (Å²) in [6, 6.07) is 17.1. The molecule has 0 saturated carbocycles. The molecule has 2 aromatic carbocycles. The van der Waals surface area contributed by atoms with Crippen LogP contribution in [0.4, 0.5) is 0 Å². The Hall–Kier alpha value is -2.33. The van der Waals surface area contributed by atoms with Crippen LogP contribution >= 0.6 is 0 Å². The van der Waals surface area contributed by atoms with Gasteiger partial charge in [0, 0.05) is 13.1 Å². The fourth-order valence-electron chi connectivity index (χ4n) is 2.49. The fraction of sp³-hybridized carbons (Fsp3) is 0.316. The second kappa shape index (κ2) is 8.34. The molecule has 0 spiro atoms. The van der Waals surface area contributed by atoms with Crippen molar-refractivity contribution < 1.29 is 9.53 Å². The SMILES string of the molecule is CCN(Cc1ccc(OC)cc1)C(=O)[C@@H](N)Cc1ccccc1. The van der Waals surface area contributed by atoms with Crippen LogP contribution in [0, 0.1) is 0 Å². The Balaban J connectivity index is 1.99. The number of carbonyl (C=O) groups is 1. The lowest BCUT2D eigenvalue weighted by molar-refractivity contribution is -0.133. The molecule has 0 aliphatic rings. The molecule has 23 heavy (non-hydrogen) atoms. The lowest BCUT2D eigenvalue weighted by atomic mass is 10.1. The molecule has 1 amide bonds. The first-order chi connectivity index (χ1) is 11.1. The maximum atomic E-state index is 12.6. The number of amides is 1. The quantitative estimate of drug-likeness (QED) is 0.855. The minimum atomic E-state index is -0.518. The van der Waals surface area contributed by atoms with Crippen LogP contribution in [0.5, 0.6) is 5.75 Å². The van der Waals surface area contributed by atoms with Gasteiger partial charge in [-0.3, -0.25) is 4.79 Å². The third kappa shape index (κ3) is 4.83. The number of nitrogens with two attached hydrogens (primary N) is 1. The molecule has 1 atom stereocenters. The Morgan fingerprint density at radius 3 is 2.30 bits per heavy atom. The van der Waals surface area contributed by atoms with Crippen molar-refractivity contribution in [2.45, 2.75) is 25.9 Å². The van der Waals surface area contributed by atoms with Gasteiger partial charge in [0.25, 0.3) is 0 Å². The van der Waals surface area contributed by atoms with Crippen LogP contribution in [0.15, 0.2) is 54.6 Å². The number of carbonyl (C=O) groups excluding carboxylic acids is 1. The van der Waals surface area contributed by atoms with Gasteiger partial charge in [0.05, 0.1) is 13.2 Å². The summed E-state index contributed by atoms with van der Waals surface area (Å²) in [5, 5.41) is 0. The van der Waals surface area contributed by atoms with Crippen LogP contribution in [-0.4, -0.2) is 30.5 Å². The highest BCUT2D eigenvalue weighted by Gasteiger charge is 2.20. The molecule has 0 aromatic heterocycles. The highest BCUT2D eigenvalue weighted by Crippen LogP contribution is 2.14. The Labute approximate surface area is 137 Å². The first-order valence-electron chi connectivity index (χ1n) is 7.85. The van der Waals surface area contributed by atoms with E-state index >= 15 is 0 Å². The second-order valence-corrected chi connectivity index (χ2v) is 5.50. The van der Waals surface area contributed by atoms with Crippen molar-refractivity contribution >= 4 is 5.91 Å². The molecule has 0 fully saturated rings. The van der Waals surface area contributed by atoms with Crippen LogP contribution in [0.1, 0.15) is 18.1 Å². The third-order valence-corrected chi connectivity index (χ3v) is 3.84. The number of methoxy groups -OCH3 is 1. The van der Waals surface area contributed by atoms with Crippen molar-refractivity contribution in [3.05, 3.63) is 65.7 Å². The number of ether oxygens (including phenoxy) is 1. The zero-order valence-corrected chi connectivity index (χ0v) is 13.7. The topological polar surface area (TPSA) is 55.6 Å². The highest BCUT2D eigenvalue weighted by molar-refractivity contribution is 5.82. The number of nitrogens with zero attached hydrogens (tertiary/aromatic N) is 1. The molecule has 122 valence electrons. The molecule has 4 heteroatoms. The largest absolute Gasteiger partial charge is 0.497 e. The standard InChI is InChI=1S/C19H24N2O2/c1-3-21(14-16-9-11-17(23-2)12-10-16)19(22)18(20)13-15-7-5-4-6-8-15/h4-12,18H,3,13-14,20H2,1-2H3/t18-/m0/s1. The van der Waals surface area contributed by atoms with E-state index in [1.165, 1.54) is 0 Å². The zero-order chi connectivity index (χ0) is 16.7. The van der Waals surface area contributed by atoms with Crippen LogP contribution < -0.4 is 10.5 Å². The van der Waals surface area contributed by atoms with E-state index in [4.69, 9.17) is 10.5 Å². The minimum Gasteiger partial charge on any atom is -0.497 e. The highest BCUT2D eigenvalue weighted by atomic mass is 16.5. The summed E-state index contributed by atoms with van der Waals surface area (Å²) in [5.74, 6) is 0.788. The van der Waals surface area contributed by atoms with E-state index in [-0.39, 0.29) is 5.91 Å². The molecule has 2 aromatic rings. The smallest absolute Gasteiger partial charge is 0.240 e. The van der Waals surface area contributed by atoms with Gasteiger partial charge < -0.3 is 15.4 Å². The third-order valence-electron chi connectivity index (χ3n) is 3.84. The molecule has 2 rings (SSSR count). The maximum Gasteiger partial charge on any atom is 0.240 e. The summed E-state index contributed by atoms with van der Waals surface area (Å²) in [6.45, 7) is 3.16. The number of likely N-dealkylation sites (N-methyl/N-ethyl adjacent to an activating group) is 1. The average molecular weight is 312 g/mol. The van der Waals surface area contributed by atoms with Crippen LogP contribution in [0.3, 0.4) is 0 Å². The lowest BCUT2D eigenvalue weighted by Gasteiger charge is -2.24. The number of hydrogen-bond acceptors (Lipinski definition) is 3. The summed E-state index contributed by atoms with van der Waals surface area (Å²) in [5.41, 5.74) is 8.25. The van der Waals surface area contributed by atoms with E-state index in [1.54, 1.807) is 12.0 Å². The Bertz CT molecular complexity index is 611. The van der Waals surface area contributed by atoms with Crippen molar-refractivity contribution in [1.29, 1.82) is 0 Å². The van der Waals surface area contributed by atoms with E-state index in [2.05, 4.69) is 0 Å². The van der Waals surface area contributed by atoms with Crippen molar-refractivity contribution in [3.63, 3.8) is 0 Å². The maximum absolute atomic E-state index is 12.6. The van der Waals surface area contributed by atoms with Gasteiger partial charge >= 0.3 is 0 Å². The summed E-state index contributed by atoms with van der Waals surface area (Å²) < 4.78 is 5.15. The molecule has 2 N–H and O–H groups in total. The van der Waals surface area contributed by atoms with E-state index in [0.717, 1.165) is 16.9 Å². The summed E-state index contributed by atoms with van der Waals surface area (Å²) >= 11 is 0. The molecule has 0 bridgehead atoms. The van der Waals surface area contributed by atoms with Crippen LogP contribution in [-0.2, 0) is 17.8 Å². The molecule has 0 radical (unpaired) electrons.